The Bertz CT molecular complexity index is 916. The smallest absolute Gasteiger partial charge is 0.341 e. The second kappa shape index (κ2) is 8.24. The van der Waals surface area contributed by atoms with Gasteiger partial charge in [-0.25, -0.2) is 13.2 Å². The Morgan fingerprint density at radius 3 is 2.27 bits per heavy atom. The molecule has 0 aliphatic carbocycles. The molecule has 138 valence electrons. The number of alkyl halides is 2. The number of anilines is 1. The molecule has 0 aromatic heterocycles. The van der Waals surface area contributed by atoms with Crippen LogP contribution < -0.4 is 5.32 Å². The summed E-state index contributed by atoms with van der Waals surface area (Å²) in [4.78, 5) is 23.0. The van der Waals surface area contributed by atoms with Crippen molar-refractivity contribution in [1.29, 1.82) is 0 Å². The normalized spacial score (nSPS) is 11.2. The van der Waals surface area contributed by atoms with E-state index in [-0.39, 0.29) is 5.56 Å². The van der Waals surface area contributed by atoms with Gasteiger partial charge in [0.1, 0.15) is 0 Å². The van der Waals surface area contributed by atoms with Crippen LogP contribution in [0.2, 0.25) is 5.02 Å². The largest absolute Gasteiger partial charge is 0.452 e. The van der Waals surface area contributed by atoms with Gasteiger partial charge in [-0.15, -0.1) is 0 Å². The molecule has 0 bridgehead atoms. The van der Waals surface area contributed by atoms with Crippen molar-refractivity contribution in [2.24, 2.45) is 0 Å². The van der Waals surface area contributed by atoms with Crippen molar-refractivity contribution in [3.8, 4) is 0 Å². The number of para-hydroxylation sites is 1. The van der Waals surface area contributed by atoms with Gasteiger partial charge in [0, 0.05) is 0 Å². The lowest BCUT2D eigenvalue weighted by Gasteiger charge is -2.08. The molecule has 1 N–H and O–H groups in total. The number of halogens is 3. The van der Waals surface area contributed by atoms with Gasteiger partial charge in [-0.1, -0.05) is 23.7 Å². The van der Waals surface area contributed by atoms with Crippen LogP contribution in [0, 0.1) is 0 Å². The number of carbonyl (C=O) groups is 2. The summed E-state index contributed by atoms with van der Waals surface area (Å²) in [5.74, 6) is -5.11. The molecule has 0 radical (unpaired) electrons. The number of sulfone groups is 1. The number of esters is 1. The topological polar surface area (TPSA) is 89.5 Å². The fraction of sp³-hybridized carbons (Fsp3) is 0.125. The van der Waals surface area contributed by atoms with E-state index in [9.17, 15) is 26.8 Å². The van der Waals surface area contributed by atoms with Crippen molar-refractivity contribution < 1.29 is 31.5 Å². The number of hydrogen-bond acceptors (Lipinski definition) is 5. The van der Waals surface area contributed by atoms with E-state index in [0.29, 0.717) is 10.7 Å². The number of nitrogens with one attached hydrogen (secondary N) is 1. The molecule has 2 aromatic carbocycles. The quantitative estimate of drug-likeness (QED) is 0.748. The molecule has 1 amide bonds. The predicted molar refractivity (Wildman–Crippen MR) is 90.0 cm³/mol. The Hall–Kier alpha value is -2.52. The number of ether oxygens (including phenoxy) is 1. The van der Waals surface area contributed by atoms with Crippen molar-refractivity contribution in [3.63, 3.8) is 0 Å². The van der Waals surface area contributed by atoms with Gasteiger partial charge >= 0.3 is 11.7 Å². The average molecular weight is 404 g/mol. The van der Waals surface area contributed by atoms with Gasteiger partial charge in [-0.2, -0.15) is 8.78 Å². The molecule has 0 fully saturated rings. The van der Waals surface area contributed by atoms with E-state index in [1.807, 2.05) is 0 Å². The van der Waals surface area contributed by atoms with Crippen LogP contribution in [0.4, 0.5) is 14.5 Å². The maximum absolute atomic E-state index is 12.4. The van der Waals surface area contributed by atoms with E-state index in [2.05, 4.69) is 5.32 Å². The molecule has 2 rings (SSSR count). The van der Waals surface area contributed by atoms with Crippen molar-refractivity contribution in [3.05, 3.63) is 59.1 Å². The maximum Gasteiger partial charge on any atom is 0.341 e. The molecule has 6 nitrogen and oxygen atoms in total. The van der Waals surface area contributed by atoms with Gasteiger partial charge in [0.05, 0.1) is 21.2 Å². The van der Waals surface area contributed by atoms with Gasteiger partial charge < -0.3 is 10.1 Å². The van der Waals surface area contributed by atoms with Gasteiger partial charge in [-0.3, -0.25) is 4.79 Å². The van der Waals surface area contributed by atoms with E-state index < -0.39 is 39.0 Å². The molecule has 0 saturated carbocycles. The molecule has 0 aliphatic rings. The summed E-state index contributed by atoms with van der Waals surface area (Å²) >= 11 is 5.88. The monoisotopic (exact) mass is 403 g/mol. The molecule has 2 aromatic rings. The third kappa shape index (κ3) is 4.77. The van der Waals surface area contributed by atoms with Crippen LogP contribution in [-0.4, -0.2) is 32.7 Å². The standard InChI is InChI=1S/C16H12ClF2NO5S/c17-12-3-1-2-4-13(12)20-14(21)9-25-15(22)10-5-7-11(8-6-10)26(23,24)16(18)19/h1-8,16H,9H2,(H,20,21). The van der Waals surface area contributed by atoms with Crippen LogP contribution in [-0.2, 0) is 19.4 Å². The molecule has 10 heteroatoms. The fourth-order valence-electron chi connectivity index (χ4n) is 1.85. The first kappa shape index (κ1) is 19.8. The van der Waals surface area contributed by atoms with Gasteiger partial charge in [0.2, 0.25) is 9.84 Å². The van der Waals surface area contributed by atoms with E-state index in [1.165, 1.54) is 0 Å². The summed E-state index contributed by atoms with van der Waals surface area (Å²) in [5, 5.41) is 2.76. The highest BCUT2D eigenvalue weighted by atomic mass is 35.5. The first-order valence-electron chi connectivity index (χ1n) is 7.05. The third-order valence-electron chi connectivity index (χ3n) is 3.14. The number of rotatable bonds is 6. The molecular formula is C16H12ClF2NO5S. The fourth-order valence-corrected chi connectivity index (χ4v) is 2.75. The molecule has 26 heavy (non-hydrogen) atoms. The Morgan fingerprint density at radius 2 is 1.69 bits per heavy atom. The molecule has 0 saturated heterocycles. The number of hydrogen-bond donors (Lipinski definition) is 1. The van der Waals surface area contributed by atoms with Gasteiger partial charge in [0.25, 0.3) is 5.91 Å². The van der Waals surface area contributed by atoms with Crippen LogP contribution in [0.5, 0.6) is 0 Å². The van der Waals surface area contributed by atoms with E-state index in [1.54, 1.807) is 24.3 Å². The van der Waals surface area contributed by atoms with Crippen molar-refractivity contribution in [2.45, 2.75) is 10.7 Å². The molecule has 0 heterocycles. The summed E-state index contributed by atoms with van der Waals surface area (Å²) in [5.41, 5.74) is 0.250. The van der Waals surface area contributed by atoms with Crippen molar-refractivity contribution in [1.82, 2.24) is 0 Å². The molecular weight excluding hydrogens is 392 g/mol. The minimum atomic E-state index is -4.75. The minimum Gasteiger partial charge on any atom is -0.452 e. The molecule has 0 atom stereocenters. The zero-order valence-corrected chi connectivity index (χ0v) is 14.6. The highest BCUT2D eigenvalue weighted by Crippen LogP contribution is 2.20. The molecule has 0 unspecified atom stereocenters. The lowest BCUT2D eigenvalue weighted by Crippen LogP contribution is -2.21. The highest BCUT2D eigenvalue weighted by Gasteiger charge is 2.26. The SMILES string of the molecule is O=C(COC(=O)c1ccc(S(=O)(=O)C(F)F)cc1)Nc1ccccc1Cl. The Morgan fingerprint density at radius 1 is 1.08 bits per heavy atom. The van der Waals surface area contributed by atoms with Crippen LogP contribution in [0.1, 0.15) is 10.4 Å². The Labute approximate surface area is 152 Å². The zero-order valence-electron chi connectivity index (χ0n) is 13.0. The van der Waals surface area contributed by atoms with Crippen LogP contribution in [0.15, 0.2) is 53.4 Å². The Balaban J connectivity index is 1.96. The minimum absolute atomic E-state index is 0.0937. The zero-order chi connectivity index (χ0) is 19.3. The van der Waals surface area contributed by atoms with Crippen molar-refractivity contribution >= 4 is 39.0 Å². The summed E-state index contributed by atoms with van der Waals surface area (Å²) in [6, 6.07) is 10.2. The predicted octanol–water partition coefficient (Wildman–Crippen LogP) is 3.13. The third-order valence-corrected chi connectivity index (χ3v) is 4.86. The van der Waals surface area contributed by atoms with E-state index in [4.69, 9.17) is 16.3 Å². The Kier molecular flexibility index (Phi) is 6.27. The van der Waals surface area contributed by atoms with Crippen molar-refractivity contribution in [2.75, 3.05) is 11.9 Å². The molecule has 0 aliphatic heterocycles. The summed E-state index contributed by atoms with van der Waals surface area (Å²) < 4.78 is 52.3. The lowest BCUT2D eigenvalue weighted by molar-refractivity contribution is -0.119. The van der Waals surface area contributed by atoms with Gasteiger partial charge in [0.15, 0.2) is 6.61 Å². The summed E-state index contributed by atoms with van der Waals surface area (Å²) in [6.07, 6.45) is 0. The number of amides is 1. The highest BCUT2D eigenvalue weighted by molar-refractivity contribution is 7.91. The van der Waals surface area contributed by atoms with Crippen LogP contribution in [0.25, 0.3) is 0 Å². The number of benzene rings is 2. The summed E-state index contributed by atoms with van der Waals surface area (Å²) in [6.45, 7) is -0.610. The average Bonchev–Trinajstić information content (AvgIpc) is 2.61. The second-order valence-electron chi connectivity index (χ2n) is 4.93. The van der Waals surface area contributed by atoms with Crippen LogP contribution >= 0.6 is 11.6 Å². The second-order valence-corrected chi connectivity index (χ2v) is 7.26. The first-order valence-corrected chi connectivity index (χ1v) is 8.98. The summed E-state index contributed by atoms with van der Waals surface area (Å²) in [7, 11) is -4.75. The van der Waals surface area contributed by atoms with Crippen LogP contribution in [0.3, 0.4) is 0 Å². The maximum atomic E-state index is 12.4. The molecule has 0 spiro atoms. The van der Waals surface area contributed by atoms with E-state index in [0.717, 1.165) is 24.3 Å². The van der Waals surface area contributed by atoms with E-state index >= 15 is 0 Å². The lowest BCUT2D eigenvalue weighted by atomic mass is 10.2. The first-order chi connectivity index (χ1) is 12.2. The van der Waals surface area contributed by atoms with Gasteiger partial charge in [-0.05, 0) is 36.4 Å². The number of carbonyl (C=O) groups excluding carboxylic acids is 2.